The highest BCUT2D eigenvalue weighted by Gasteiger charge is 2.71. The molecule has 2 bridgehead atoms. The fraction of sp³-hybridized carbons (Fsp3) is 0.900. The molecule has 1 saturated heterocycles. The number of rotatable bonds is 28. The third-order valence-electron chi connectivity index (χ3n) is 13.8. The van der Waals surface area contributed by atoms with Gasteiger partial charge >= 0.3 is 0 Å². The maximum atomic E-state index is 13.6. The molecule has 2 heterocycles. The van der Waals surface area contributed by atoms with Crippen LogP contribution in [-0.4, -0.2) is 158 Å². The maximum Gasteiger partial charge on any atom is 0.223 e. The van der Waals surface area contributed by atoms with Crippen molar-refractivity contribution in [3.05, 3.63) is 11.9 Å². The van der Waals surface area contributed by atoms with E-state index >= 15 is 0 Å². The number of aliphatic hydroxyl groups is 5. The van der Waals surface area contributed by atoms with E-state index in [4.69, 9.17) is 24.7 Å². The van der Waals surface area contributed by atoms with Crippen LogP contribution in [0.4, 0.5) is 0 Å². The van der Waals surface area contributed by atoms with Gasteiger partial charge in [0.25, 0.3) is 0 Å². The van der Waals surface area contributed by atoms with Crippen LogP contribution in [0.2, 0.25) is 0 Å². The molecule has 1 spiro atoms. The standard InChI is InChI=1S/C40H68N6O9/c1-2-3-4-5-9-44(26-34(48)37(51)38(52)35(49)27-47)24-31-25-45(43-42-31)10-12-54-14-16-55-15-13-53-11-6-30-17-28-20-39(7-8-40(30,39)21-28)22-36(50)46-32(23-41)18-29-19-33(29)46/h23,25,28-30,32-35,37-38,41,47-49,51-52H,2-22,24,26-27H2,1H3/t28?,29-,30?,32+,33+,34+,35-,37-,38-,39?,40?/m1/s1. The van der Waals surface area contributed by atoms with Crippen LogP contribution in [0.5, 0.6) is 0 Å². The largest absolute Gasteiger partial charge is 0.394 e. The highest BCUT2D eigenvalue weighted by molar-refractivity contribution is 5.83. The molecule has 15 heteroatoms. The second-order valence-electron chi connectivity index (χ2n) is 17.3. The van der Waals surface area contributed by atoms with Gasteiger partial charge in [-0.25, -0.2) is 4.68 Å². The molecular formula is C40H68N6O9. The second-order valence-corrected chi connectivity index (χ2v) is 17.3. The molecule has 0 radical (unpaired) electrons. The number of carbonyl (C=O) groups is 1. The highest BCUT2D eigenvalue weighted by Crippen LogP contribution is 2.78. The van der Waals surface area contributed by atoms with Crippen molar-refractivity contribution < 1.29 is 44.5 Å². The number of hydrogen-bond acceptors (Lipinski definition) is 13. The number of amides is 1. The molecule has 15 nitrogen and oxygen atoms in total. The van der Waals surface area contributed by atoms with Gasteiger partial charge in [-0.15, -0.1) is 5.10 Å². The Labute approximate surface area is 326 Å². The molecule has 5 fully saturated rings. The average molecular weight is 777 g/mol. The van der Waals surface area contributed by atoms with Crippen LogP contribution in [0.1, 0.15) is 96.1 Å². The quantitative estimate of drug-likeness (QED) is 0.0532. The van der Waals surface area contributed by atoms with Crippen molar-refractivity contribution in [2.45, 2.75) is 140 Å². The summed E-state index contributed by atoms with van der Waals surface area (Å²) in [4.78, 5) is 17.6. The number of ether oxygens (including phenoxy) is 3. The van der Waals surface area contributed by atoms with E-state index in [2.05, 4.69) is 22.1 Å². The first-order valence-corrected chi connectivity index (χ1v) is 21.1. The molecule has 5 aliphatic rings. The van der Waals surface area contributed by atoms with E-state index in [9.17, 15) is 25.2 Å². The van der Waals surface area contributed by atoms with Gasteiger partial charge in [0.15, 0.2) is 0 Å². The van der Waals surface area contributed by atoms with Gasteiger partial charge in [-0.05, 0) is 92.9 Å². The first-order chi connectivity index (χ1) is 26.6. The Bertz CT molecular complexity index is 1370. The Balaban J connectivity index is 0.817. The molecule has 4 unspecified atom stereocenters. The minimum atomic E-state index is -1.66. The number of carbonyl (C=O) groups excluding carboxylic acids is 1. The Morgan fingerprint density at radius 1 is 0.982 bits per heavy atom. The molecular weight excluding hydrogens is 708 g/mol. The van der Waals surface area contributed by atoms with E-state index in [-0.39, 0.29) is 18.0 Å². The lowest BCUT2D eigenvalue weighted by molar-refractivity contribution is -0.152. The third kappa shape index (κ3) is 9.97. The number of hydrogen-bond donors (Lipinski definition) is 6. The summed E-state index contributed by atoms with van der Waals surface area (Å²) in [5, 5.41) is 66.0. The van der Waals surface area contributed by atoms with Gasteiger partial charge in [0.05, 0.1) is 64.0 Å². The molecule has 55 heavy (non-hydrogen) atoms. The van der Waals surface area contributed by atoms with Crippen molar-refractivity contribution in [2.75, 3.05) is 59.3 Å². The zero-order chi connectivity index (χ0) is 39.0. The van der Waals surface area contributed by atoms with Gasteiger partial charge in [-0.2, -0.15) is 0 Å². The van der Waals surface area contributed by atoms with Crippen LogP contribution in [-0.2, 0) is 32.1 Å². The second kappa shape index (κ2) is 19.6. The van der Waals surface area contributed by atoms with E-state index in [1.807, 2.05) is 11.1 Å². The van der Waals surface area contributed by atoms with E-state index in [1.165, 1.54) is 38.3 Å². The fourth-order valence-electron chi connectivity index (χ4n) is 10.9. The van der Waals surface area contributed by atoms with E-state index in [1.54, 1.807) is 4.68 Å². The Morgan fingerprint density at radius 3 is 2.44 bits per heavy atom. The molecule has 1 aliphatic heterocycles. The molecule has 1 amide bonds. The van der Waals surface area contributed by atoms with Crippen LogP contribution < -0.4 is 0 Å². The monoisotopic (exact) mass is 777 g/mol. The summed E-state index contributed by atoms with van der Waals surface area (Å²) in [5.41, 5.74) is 1.20. The van der Waals surface area contributed by atoms with E-state index < -0.39 is 31.0 Å². The SMILES string of the molecule is CCCCCCN(Cc1cn(CCOCCOCCOCCC2CC3CC4(CC(=O)N5[C@H](C=N)C[C@@H]6C[C@@H]65)CCC24C3)nn1)C[C@H](O)[C@@H](O)[C@H](O)[C@H](O)CO. The zero-order valence-corrected chi connectivity index (χ0v) is 32.9. The first-order valence-electron chi connectivity index (χ1n) is 21.1. The average Bonchev–Trinajstić information content (AvgIpc) is 3.44. The fourth-order valence-corrected chi connectivity index (χ4v) is 10.9. The number of aliphatic hydroxyl groups excluding tert-OH is 5. The Hall–Kier alpha value is -2.08. The first kappa shape index (κ1) is 42.5. The Kier molecular flexibility index (Phi) is 15.1. The Morgan fingerprint density at radius 2 is 1.73 bits per heavy atom. The number of unbranched alkanes of at least 4 members (excludes halogenated alkanes) is 3. The number of aromatic nitrogens is 3. The maximum absolute atomic E-state index is 13.6. The lowest BCUT2D eigenvalue weighted by atomic mass is 9.44. The predicted molar refractivity (Wildman–Crippen MR) is 203 cm³/mol. The summed E-state index contributed by atoms with van der Waals surface area (Å²) in [7, 11) is 0. The third-order valence-corrected chi connectivity index (χ3v) is 13.8. The zero-order valence-electron chi connectivity index (χ0n) is 32.9. The summed E-state index contributed by atoms with van der Waals surface area (Å²) in [6.07, 6.45) is 11.4. The molecule has 11 atom stereocenters. The van der Waals surface area contributed by atoms with Crippen molar-refractivity contribution in [3.63, 3.8) is 0 Å². The number of nitrogens with zero attached hydrogens (tertiary/aromatic N) is 5. The summed E-state index contributed by atoms with van der Waals surface area (Å²) in [6, 6.07) is 0.431. The number of likely N-dealkylation sites (tertiary alicyclic amines) is 1. The number of fused-ring (bicyclic) bond motifs is 2. The van der Waals surface area contributed by atoms with Crippen molar-refractivity contribution >= 4 is 12.1 Å². The van der Waals surface area contributed by atoms with Crippen molar-refractivity contribution in [2.24, 2.45) is 28.6 Å². The topological polar surface area (TPSA) is 207 Å². The van der Waals surface area contributed by atoms with Crippen LogP contribution in [0.15, 0.2) is 6.20 Å². The molecule has 1 aromatic rings. The van der Waals surface area contributed by atoms with Crippen LogP contribution in [0, 0.1) is 34.0 Å². The lowest BCUT2D eigenvalue weighted by Gasteiger charge is -2.60. The lowest BCUT2D eigenvalue weighted by Crippen LogP contribution is -2.55. The molecule has 6 rings (SSSR count). The molecule has 6 N–H and O–H groups in total. The van der Waals surface area contributed by atoms with Gasteiger partial charge < -0.3 is 50.1 Å². The van der Waals surface area contributed by atoms with Gasteiger partial charge in [0.2, 0.25) is 5.91 Å². The van der Waals surface area contributed by atoms with E-state index in [0.29, 0.717) is 94.0 Å². The molecule has 312 valence electrons. The van der Waals surface area contributed by atoms with Crippen LogP contribution >= 0.6 is 0 Å². The molecule has 1 aromatic heterocycles. The van der Waals surface area contributed by atoms with Gasteiger partial charge in [-0.1, -0.05) is 31.4 Å². The van der Waals surface area contributed by atoms with Gasteiger partial charge in [0.1, 0.15) is 18.3 Å². The van der Waals surface area contributed by atoms with Crippen LogP contribution in [0.3, 0.4) is 0 Å². The number of piperidine rings is 1. The van der Waals surface area contributed by atoms with Crippen molar-refractivity contribution in [1.82, 2.24) is 24.8 Å². The van der Waals surface area contributed by atoms with E-state index in [0.717, 1.165) is 57.5 Å². The molecule has 4 aliphatic carbocycles. The predicted octanol–water partition coefficient (Wildman–Crippen LogP) is 1.76. The molecule has 4 saturated carbocycles. The summed E-state index contributed by atoms with van der Waals surface area (Å²) in [5.74, 6) is 2.34. The van der Waals surface area contributed by atoms with Crippen LogP contribution in [0.25, 0.3) is 0 Å². The molecule has 0 aromatic carbocycles. The van der Waals surface area contributed by atoms with Crippen molar-refractivity contribution in [3.8, 4) is 0 Å². The summed E-state index contributed by atoms with van der Waals surface area (Å²) in [6.45, 7) is 6.20. The normalized spacial score (nSPS) is 31.3. The summed E-state index contributed by atoms with van der Waals surface area (Å²) >= 11 is 0. The number of nitrogens with one attached hydrogen (secondary N) is 1. The minimum absolute atomic E-state index is 0.0267. The smallest absolute Gasteiger partial charge is 0.223 e. The van der Waals surface area contributed by atoms with Gasteiger partial charge in [0, 0.05) is 44.6 Å². The van der Waals surface area contributed by atoms with Crippen molar-refractivity contribution in [1.29, 1.82) is 5.41 Å². The summed E-state index contributed by atoms with van der Waals surface area (Å²) < 4.78 is 19.2. The minimum Gasteiger partial charge on any atom is -0.394 e. The van der Waals surface area contributed by atoms with Gasteiger partial charge in [-0.3, -0.25) is 9.69 Å². The highest BCUT2D eigenvalue weighted by atomic mass is 16.5.